The molecule has 7 nitrogen and oxygen atoms in total. The summed E-state index contributed by atoms with van der Waals surface area (Å²) in [5, 5.41) is 3.05. The summed E-state index contributed by atoms with van der Waals surface area (Å²) in [6.07, 6.45) is 0.522. The number of ether oxygens (including phenoxy) is 2. The standard InChI is InChI=1S/C28H32N2O5S/c1-19-10-13-22(14-11-19)36(32,33)30(25-9-7-6-8-20(25)2)18-27(31)29-24-17-28(3,4)35-26-15-12-21(34-5)16-23(24)26/h6-16,24H,17-18H2,1-5H3,(H,29,31). The molecule has 0 fully saturated rings. The highest BCUT2D eigenvalue weighted by atomic mass is 32.2. The Morgan fingerprint density at radius 2 is 1.78 bits per heavy atom. The Balaban J connectivity index is 1.67. The minimum atomic E-state index is -4.00. The Hall–Kier alpha value is -3.52. The molecule has 3 aromatic carbocycles. The van der Waals surface area contributed by atoms with Crippen molar-refractivity contribution < 1.29 is 22.7 Å². The zero-order chi connectivity index (χ0) is 26.1. The summed E-state index contributed by atoms with van der Waals surface area (Å²) in [7, 11) is -2.41. The molecule has 1 N–H and O–H groups in total. The van der Waals surface area contributed by atoms with E-state index in [9.17, 15) is 13.2 Å². The zero-order valence-corrected chi connectivity index (χ0v) is 22.1. The van der Waals surface area contributed by atoms with Crippen molar-refractivity contribution in [3.63, 3.8) is 0 Å². The summed E-state index contributed by atoms with van der Waals surface area (Å²) < 4.78 is 40.1. The van der Waals surface area contributed by atoms with Crippen molar-refractivity contribution in [1.82, 2.24) is 5.32 Å². The van der Waals surface area contributed by atoms with Crippen LogP contribution in [0.1, 0.15) is 43.0 Å². The molecule has 36 heavy (non-hydrogen) atoms. The minimum absolute atomic E-state index is 0.131. The van der Waals surface area contributed by atoms with Crippen LogP contribution in [0.4, 0.5) is 5.69 Å². The maximum absolute atomic E-state index is 13.7. The molecule has 1 aliphatic heterocycles. The SMILES string of the molecule is COc1ccc2c(c1)C(NC(=O)CN(c1ccccc1C)S(=O)(=O)c1ccc(C)cc1)CC(C)(C)O2. The molecule has 1 atom stereocenters. The first-order chi connectivity index (χ1) is 17.0. The van der Waals surface area contributed by atoms with E-state index in [0.29, 0.717) is 23.6 Å². The number of hydrogen-bond acceptors (Lipinski definition) is 5. The molecule has 190 valence electrons. The lowest BCUT2D eigenvalue weighted by atomic mass is 9.89. The molecule has 8 heteroatoms. The molecular formula is C28H32N2O5S. The minimum Gasteiger partial charge on any atom is -0.497 e. The van der Waals surface area contributed by atoms with E-state index >= 15 is 0 Å². The van der Waals surface area contributed by atoms with Gasteiger partial charge in [0.05, 0.1) is 23.7 Å². The van der Waals surface area contributed by atoms with Gasteiger partial charge in [-0.2, -0.15) is 0 Å². The van der Waals surface area contributed by atoms with Crippen LogP contribution in [0.3, 0.4) is 0 Å². The predicted molar refractivity (Wildman–Crippen MR) is 140 cm³/mol. The average Bonchev–Trinajstić information content (AvgIpc) is 2.82. The number of nitrogens with one attached hydrogen (secondary N) is 1. The molecule has 1 unspecified atom stereocenters. The van der Waals surface area contributed by atoms with Crippen LogP contribution in [-0.2, 0) is 14.8 Å². The molecule has 0 aliphatic carbocycles. The lowest BCUT2D eigenvalue weighted by molar-refractivity contribution is -0.120. The smallest absolute Gasteiger partial charge is 0.264 e. The van der Waals surface area contributed by atoms with Crippen LogP contribution in [0.2, 0.25) is 0 Å². The zero-order valence-electron chi connectivity index (χ0n) is 21.2. The lowest BCUT2D eigenvalue weighted by Crippen LogP contribution is -2.45. The van der Waals surface area contributed by atoms with Gasteiger partial charge >= 0.3 is 0 Å². The normalized spacial score (nSPS) is 16.4. The third kappa shape index (κ3) is 5.33. The number of anilines is 1. The Morgan fingerprint density at radius 3 is 2.44 bits per heavy atom. The predicted octanol–water partition coefficient (Wildman–Crippen LogP) is 4.93. The maximum atomic E-state index is 13.7. The Labute approximate surface area is 213 Å². The second-order valence-corrected chi connectivity index (χ2v) is 11.6. The summed E-state index contributed by atoms with van der Waals surface area (Å²) in [5.41, 5.74) is 2.45. The Kier molecular flexibility index (Phi) is 7.00. The van der Waals surface area contributed by atoms with Crippen molar-refractivity contribution in [2.45, 2.75) is 50.7 Å². The maximum Gasteiger partial charge on any atom is 0.264 e. The summed E-state index contributed by atoms with van der Waals surface area (Å²) in [6.45, 7) is 7.28. The number of amides is 1. The van der Waals surface area contributed by atoms with E-state index in [2.05, 4.69) is 5.32 Å². The highest BCUT2D eigenvalue weighted by Gasteiger charge is 2.36. The van der Waals surface area contributed by atoms with Gasteiger partial charge in [0.15, 0.2) is 0 Å². The molecule has 1 heterocycles. The van der Waals surface area contributed by atoms with Crippen molar-refractivity contribution in [1.29, 1.82) is 0 Å². The molecule has 0 saturated heterocycles. The number of carbonyl (C=O) groups excluding carboxylic acids is 1. The van der Waals surface area contributed by atoms with Gasteiger partial charge in [0.2, 0.25) is 5.91 Å². The van der Waals surface area contributed by atoms with Crippen LogP contribution in [0.15, 0.2) is 71.6 Å². The van der Waals surface area contributed by atoms with E-state index in [-0.39, 0.29) is 17.5 Å². The van der Waals surface area contributed by atoms with Crippen molar-refractivity contribution >= 4 is 21.6 Å². The molecule has 1 aliphatic rings. The molecule has 0 radical (unpaired) electrons. The third-order valence-electron chi connectivity index (χ3n) is 6.29. The van der Waals surface area contributed by atoms with Crippen molar-refractivity contribution in [2.24, 2.45) is 0 Å². The number of sulfonamides is 1. The van der Waals surface area contributed by atoms with Crippen LogP contribution in [0, 0.1) is 13.8 Å². The van der Waals surface area contributed by atoms with Crippen LogP contribution in [-0.4, -0.2) is 33.6 Å². The van der Waals surface area contributed by atoms with Gasteiger partial charge in [-0.1, -0.05) is 35.9 Å². The largest absolute Gasteiger partial charge is 0.497 e. The highest BCUT2D eigenvalue weighted by Crippen LogP contribution is 2.41. The fourth-order valence-corrected chi connectivity index (χ4v) is 5.92. The number of benzene rings is 3. The number of methoxy groups -OCH3 is 1. The topological polar surface area (TPSA) is 84.9 Å². The monoisotopic (exact) mass is 508 g/mol. The van der Waals surface area contributed by atoms with E-state index in [1.165, 1.54) is 4.31 Å². The van der Waals surface area contributed by atoms with E-state index in [1.54, 1.807) is 43.5 Å². The number of aryl methyl sites for hydroxylation is 2. The Bertz CT molecular complexity index is 1370. The van der Waals surface area contributed by atoms with Crippen molar-refractivity contribution in [3.8, 4) is 11.5 Å². The highest BCUT2D eigenvalue weighted by molar-refractivity contribution is 7.92. The third-order valence-corrected chi connectivity index (χ3v) is 8.06. The summed E-state index contributed by atoms with van der Waals surface area (Å²) in [5.74, 6) is 0.908. The number of hydrogen-bond donors (Lipinski definition) is 1. The fraction of sp³-hybridized carbons (Fsp3) is 0.321. The van der Waals surface area contributed by atoms with Gasteiger partial charge in [-0.3, -0.25) is 9.10 Å². The molecule has 0 spiro atoms. The number of nitrogens with zero attached hydrogens (tertiary/aromatic N) is 1. The quantitative estimate of drug-likeness (QED) is 0.489. The van der Waals surface area contributed by atoms with Crippen LogP contribution in [0.5, 0.6) is 11.5 Å². The van der Waals surface area contributed by atoms with Gasteiger partial charge in [0, 0.05) is 12.0 Å². The van der Waals surface area contributed by atoms with Gasteiger partial charge in [-0.05, 0) is 69.7 Å². The van der Waals surface area contributed by atoms with E-state index in [1.807, 2.05) is 58.0 Å². The number of carbonyl (C=O) groups is 1. The summed E-state index contributed by atoms with van der Waals surface area (Å²) in [6, 6.07) is 18.9. The van der Waals surface area contributed by atoms with Gasteiger partial charge in [-0.15, -0.1) is 0 Å². The van der Waals surface area contributed by atoms with Crippen molar-refractivity contribution in [2.75, 3.05) is 18.0 Å². The molecule has 0 aromatic heterocycles. The Morgan fingerprint density at radius 1 is 1.08 bits per heavy atom. The number of para-hydroxylation sites is 1. The van der Waals surface area contributed by atoms with Gasteiger partial charge in [-0.25, -0.2) is 8.42 Å². The molecule has 0 saturated carbocycles. The summed E-state index contributed by atoms with van der Waals surface area (Å²) in [4.78, 5) is 13.6. The fourth-order valence-electron chi connectivity index (χ4n) is 4.44. The molecule has 0 bridgehead atoms. The van der Waals surface area contributed by atoms with E-state index in [4.69, 9.17) is 9.47 Å². The van der Waals surface area contributed by atoms with E-state index in [0.717, 1.165) is 16.7 Å². The average molecular weight is 509 g/mol. The number of fused-ring (bicyclic) bond motifs is 1. The molecule has 3 aromatic rings. The van der Waals surface area contributed by atoms with Crippen LogP contribution in [0.25, 0.3) is 0 Å². The first-order valence-corrected chi connectivity index (χ1v) is 13.3. The lowest BCUT2D eigenvalue weighted by Gasteiger charge is -2.38. The second kappa shape index (κ2) is 9.85. The molecular weight excluding hydrogens is 476 g/mol. The van der Waals surface area contributed by atoms with Gasteiger partial charge in [0.1, 0.15) is 23.6 Å². The second-order valence-electron chi connectivity index (χ2n) is 9.70. The van der Waals surface area contributed by atoms with Gasteiger partial charge < -0.3 is 14.8 Å². The molecule has 1 amide bonds. The first-order valence-electron chi connectivity index (χ1n) is 11.8. The first kappa shape index (κ1) is 25.6. The summed E-state index contributed by atoms with van der Waals surface area (Å²) >= 11 is 0. The van der Waals surface area contributed by atoms with Crippen LogP contribution >= 0.6 is 0 Å². The molecule has 4 rings (SSSR count). The van der Waals surface area contributed by atoms with Gasteiger partial charge in [0.25, 0.3) is 10.0 Å². The van der Waals surface area contributed by atoms with Crippen molar-refractivity contribution in [3.05, 3.63) is 83.4 Å². The number of rotatable bonds is 7. The van der Waals surface area contributed by atoms with Crippen LogP contribution < -0.4 is 19.1 Å². The van der Waals surface area contributed by atoms with E-state index < -0.39 is 21.5 Å².